The van der Waals surface area contributed by atoms with Crippen LogP contribution in [0.15, 0.2) is 36.8 Å². The zero-order chi connectivity index (χ0) is 17.1. The van der Waals surface area contributed by atoms with Gasteiger partial charge in [-0.3, -0.25) is 4.98 Å². The quantitative estimate of drug-likeness (QED) is 0.852. The van der Waals surface area contributed by atoms with Crippen LogP contribution in [0.5, 0.6) is 0 Å². The van der Waals surface area contributed by atoms with E-state index in [2.05, 4.69) is 19.9 Å². The molecule has 6 heteroatoms. The van der Waals surface area contributed by atoms with Crippen molar-refractivity contribution in [2.45, 2.75) is 25.0 Å². The number of hydrogen-bond acceptors (Lipinski definition) is 6. The van der Waals surface area contributed by atoms with E-state index < -0.39 is 6.10 Å². The van der Waals surface area contributed by atoms with Crippen LogP contribution in [0.25, 0.3) is 11.4 Å². The van der Waals surface area contributed by atoms with Crippen LogP contribution in [0.2, 0.25) is 0 Å². The Morgan fingerprint density at radius 3 is 2.71 bits per heavy atom. The summed E-state index contributed by atoms with van der Waals surface area (Å²) in [4.78, 5) is 15.2. The first-order valence-electron chi connectivity index (χ1n) is 8.28. The highest BCUT2D eigenvalue weighted by Crippen LogP contribution is 2.36. The third-order valence-corrected chi connectivity index (χ3v) is 4.97. The molecule has 4 atom stereocenters. The van der Waals surface area contributed by atoms with Crippen molar-refractivity contribution in [1.29, 1.82) is 0 Å². The SMILES string of the molecule is CN(C)C1CC(O)C(CO)C1Cc1ccnc(-c2cccnc2)n1. The van der Waals surface area contributed by atoms with Gasteiger partial charge in [0.1, 0.15) is 0 Å². The monoisotopic (exact) mass is 328 g/mol. The Morgan fingerprint density at radius 1 is 1.21 bits per heavy atom. The molecule has 1 aliphatic rings. The zero-order valence-corrected chi connectivity index (χ0v) is 14.1. The van der Waals surface area contributed by atoms with E-state index in [4.69, 9.17) is 0 Å². The van der Waals surface area contributed by atoms with E-state index in [-0.39, 0.29) is 24.5 Å². The van der Waals surface area contributed by atoms with E-state index in [1.165, 1.54) is 0 Å². The molecule has 1 saturated carbocycles. The molecule has 6 nitrogen and oxygen atoms in total. The number of rotatable bonds is 5. The van der Waals surface area contributed by atoms with Crippen molar-refractivity contribution in [2.75, 3.05) is 20.7 Å². The standard InChI is InChI=1S/C18H24N4O2/c1-22(2)16-9-17(24)15(11-23)14(16)8-13-5-7-20-18(21-13)12-4-3-6-19-10-12/h3-7,10,14-17,23-24H,8-9,11H2,1-2H3. The molecule has 4 unspecified atom stereocenters. The second kappa shape index (κ2) is 7.34. The fourth-order valence-electron chi connectivity index (χ4n) is 3.69. The van der Waals surface area contributed by atoms with Gasteiger partial charge in [-0.2, -0.15) is 0 Å². The molecule has 2 aromatic rings. The van der Waals surface area contributed by atoms with E-state index in [1.807, 2.05) is 32.3 Å². The number of nitrogens with zero attached hydrogens (tertiary/aromatic N) is 4. The van der Waals surface area contributed by atoms with Crippen molar-refractivity contribution >= 4 is 0 Å². The summed E-state index contributed by atoms with van der Waals surface area (Å²) in [6, 6.07) is 5.94. The molecule has 3 rings (SSSR count). The summed E-state index contributed by atoms with van der Waals surface area (Å²) in [5.41, 5.74) is 1.81. The van der Waals surface area contributed by atoms with Crippen molar-refractivity contribution in [1.82, 2.24) is 19.9 Å². The van der Waals surface area contributed by atoms with Crippen LogP contribution in [0.4, 0.5) is 0 Å². The van der Waals surface area contributed by atoms with Gasteiger partial charge in [-0.15, -0.1) is 0 Å². The van der Waals surface area contributed by atoms with Gasteiger partial charge in [0, 0.05) is 48.4 Å². The molecule has 0 saturated heterocycles. The Balaban J connectivity index is 1.84. The average Bonchev–Trinajstić information content (AvgIpc) is 2.91. The molecule has 0 aliphatic heterocycles. The van der Waals surface area contributed by atoms with Gasteiger partial charge >= 0.3 is 0 Å². The van der Waals surface area contributed by atoms with Crippen LogP contribution in [0.3, 0.4) is 0 Å². The second-order valence-electron chi connectivity index (χ2n) is 6.66. The second-order valence-corrected chi connectivity index (χ2v) is 6.66. The molecule has 24 heavy (non-hydrogen) atoms. The Kier molecular flexibility index (Phi) is 5.18. The first-order chi connectivity index (χ1) is 11.6. The molecule has 2 heterocycles. The number of pyridine rings is 1. The van der Waals surface area contributed by atoms with Crippen LogP contribution in [0, 0.1) is 11.8 Å². The maximum absolute atomic E-state index is 10.3. The average molecular weight is 328 g/mol. The highest BCUT2D eigenvalue weighted by atomic mass is 16.3. The lowest BCUT2D eigenvalue weighted by molar-refractivity contribution is 0.0707. The van der Waals surface area contributed by atoms with Crippen molar-refractivity contribution in [2.24, 2.45) is 11.8 Å². The number of hydrogen-bond donors (Lipinski definition) is 2. The van der Waals surface area contributed by atoms with Crippen molar-refractivity contribution < 1.29 is 10.2 Å². The van der Waals surface area contributed by atoms with Crippen molar-refractivity contribution in [3.63, 3.8) is 0 Å². The van der Waals surface area contributed by atoms with Gasteiger partial charge in [0.2, 0.25) is 0 Å². The van der Waals surface area contributed by atoms with Gasteiger partial charge in [-0.25, -0.2) is 9.97 Å². The Labute approximate surface area is 142 Å². The molecule has 0 spiro atoms. The van der Waals surface area contributed by atoms with E-state index in [1.54, 1.807) is 18.6 Å². The largest absolute Gasteiger partial charge is 0.396 e. The fourth-order valence-corrected chi connectivity index (χ4v) is 3.69. The van der Waals surface area contributed by atoms with Gasteiger partial charge in [-0.1, -0.05) is 0 Å². The third kappa shape index (κ3) is 3.45. The maximum Gasteiger partial charge on any atom is 0.160 e. The van der Waals surface area contributed by atoms with Gasteiger partial charge in [0.15, 0.2) is 5.82 Å². The minimum Gasteiger partial charge on any atom is -0.396 e. The van der Waals surface area contributed by atoms with Crippen LogP contribution < -0.4 is 0 Å². The highest BCUT2D eigenvalue weighted by molar-refractivity contribution is 5.52. The maximum atomic E-state index is 10.3. The summed E-state index contributed by atoms with van der Waals surface area (Å²) in [7, 11) is 4.04. The Morgan fingerprint density at radius 2 is 2.04 bits per heavy atom. The lowest BCUT2D eigenvalue weighted by Gasteiger charge is -2.28. The highest BCUT2D eigenvalue weighted by Gasteiger charge is 2.43. The molecule has 1 aliphatic carbocycles. The number of aliphatic hydroxyl groups is 2. The van der Waals surface area contributed by atoms with Crippen molar-refractivity contribution in [3.05, 3.63) is 42.5 Å². The van der Waals surface area contributed by atoms with E-state index in [9.17, 15) is 10.2 Å². The molecule has 0 aromatic carbocycles. The smallest absolute Gasteiger partial charge is 0.160 e. The summed E-state index contributed by atoms with van der Waals surface area (Å²) >= 11 is 0. The van der Waals surface area contributed by atoms with Crippen molar-refractivity contribution in [3.8, 4) is 11.4 Å². The minimum absolute atomic E-state index is 0.00325. The zero-order valence-electron chi connectivity index (χ0n) is 14.1. The van der Waals surface area contributed by atoms with Gasteiger partial charge in [0.25, 0.3) is 0 Å². The molecular formula is C18H24N4O2. The van der Waals surface area contributed by atoms with Gasteiger partial charge < -0.3 is 15.1 Å². The van der Waals surface area contributed by atoms with Gasteiger partial charge in [0.05, 0.1) is 6.10 Å². The molecule has 0 radical (unpaired) electrons. The molecule has 0 bridgehead atoms. The van der Waals surface area contributed by atoms with E-state index in [0.29, 0.717) is 18.7 Å². The third-order valence-electron chi connectivity index (χ3n) is 4.97. The molecule has 2 N–H and O–H groups in total. The fraction of sp³-hybridized carbons (Fsp3) is 0.500. The Hall–Kier alpha value is -1.89. The molecule has 0 amide bonds. The van der Waals surface area contributed by atoms with E-state index >= 15 is 0 Å². The summed E-state index contributed by atoms with van der Waals surface area (Å²) in [6.45, 7) is -0.00325. The molecule has 2 aromatic heterocycles. The summed E-state index contributed by atoms with van der Waals surface area (Å²) in [5, 5.41) is 20.0. The Bertz CT molecular complexity index is 665. The minimum atomic E-state index is -0.466. The first kappa shape index (κ1) is 17.0. The molecular weight excluding hydrogens is 304 g/mol. The van der Waals surface area contributed by atoms with E-state index in [0.717, 1.165) is 11.3 Å². The lowest BCUT2D eigenvalue weighted by atomic mass is 9.88. The van der Waals surface area contributed by atoms with Crippen LogP contribution in [0.1, 0.15) is 12.1 Å². The first-order valence-corrected chi connectivity index (χ1v) is 8.28. The number of aliphatic hydroxyl groups excluding tert-OH is 2. The topological polar surface area (TPSA) is 82.4 Å². The van der Waals surface area contributed by atoms with Gasteiger partial charge in [-0.05, 0) is 51.1 Å². The van der Waals surface area contributed by atoms with Crippen LogP contribution >= 0.6 is 0 Å². The summed E-state index contributed by atoms with van der Waals surface area (Å²) < 4.78 is 0. The molecule has 128 valence electrons. The normalized spacial score (nSPS) is 26.9. The lowest BCUT2D eigenvalue weighted by Crippen LogP contribution is -2.35. The molecule has 1 fully saturated rings. The predicted molar refractivity (Wildman–Crippen MR) is 91.1 cm³/mol. The van der Waals surface area contributed by atoms with Crippen LogP contribution in [-0.4, -0.2) is 62.9 Å². The van der Waals surface area contributed by atoms with Crippen LogP contribution in [-0.2, 0) is 6.42 Å². The number of aromatic nitrogens is 3. The summed E-state index contributed by atoms with van der Waals surface area (Å²) in [6.07, 6.45) is 6.16. The predicted octanol–water partition coefficient (Wildman–Crippen LogP) is 1.00. The summed E-state index contributed by atoms with van der Waals surface area (Å²) in [5.74, 6) is 0.701.